The number of halogens is 1. The number of rotatable bonds is 8. The molecular weight excluding hydrogens is 471 g/mol. The van der Waals surface area contributed by atoms with Gasteiger partial charge in [-0.15, -0.1) is 24.0 Å². The normalized spacial score (nSPS) is 15.1. The average molecular weight is 504 g/mol. The van der Waals surface area contributed by atoms with Gasteiger partial charge in [0.25, 0.3) is 5.91 Å². The molecule has 2 N–H and O–H groups in total. The van der Waals surface area contributed by atoms with E-state index >= 15 is 0 Å². The van der Waals surface area contributed by atoms with Gasteiger partial charge in [0, 0.05) is 59.6 Å². The van der Waals surface area contributed by atoms with E-state index in [4.69, 9.17) is 9.47 Å². The summed E-state index contributed by atoms with van der Waals surface area (Å²) in [6.45, 7) is 4.06. The zero-order valence-electron chi connectivity index (χ0n) is 17.1. The SMILES string of the molecule is CN=C(NCc1ccc(C(=O)NC)cc1)N1CCC(OCCCOC)CC1.I. The lowest BCUT2D eigenvalue weighted by Gasteiger charge is -2.34. The Labute approximate surface area is 185 Å². The van der Waals surface area contributed by atoms with Gasteiger partial charge in [0.05, 0.1) is 6.10 Å². The number of likely N-dealkylation sites (tertiary alicyclic amines) is 1. The molecule has 0 aromatic heterocycles. The average Bonchev–Trinajstić information content (AvgIpc) is 2.72. The summed E-state index contributed by atoms with van der Waals surface area (Å²) in [5.74, 6) is 0.834. The number of ether oxygens (including phenoxy) is 2. The first-order valence-corrected chi connectivity index (χ1v) is 9.55. The van der Waals surface area contributed by atoms with Crippen LogP contribution in [0.25, 0.3) is 0 Å². The molecule has 0 unspecified atom stereocenters. The molecule has 1 saturated heterocycles. The number of benzene rings is 1. The topological polar surface area (TPSA) is 75.2 Å². The second kappa shape index (κ2) is 13.7. The van der Waals surface area contributed by atoms with Crippen molar-refractivity contribution in [2.45, 2.75) is 31.9 Å². The van der Waals surface area contributed by atoms with Crippen molar-refractivity contribution in [1.29, 1.82) is 0 Å². The summed E-state index contributed by atoms with van der Waals surface area (Å²) < 4.78 is 11.0. The van der Waals surface area contributed by atoms with E-state index in [9.17, 15) is 4.79 Å². The third-order valence-electron chi connectivity index (χ3n) is 4.69. The predicted molar refractivity (Wildman–Crippen MR) is 122 cm³/mol. The van der Waals surface area contributed by atoms with Gasteiger partial charge in [0.15, 0.2) is 5.96 Å². The Morgan fingerprint density at radius 1 is 1.21 bits per heavy atom. The lowest BCUT2D eigenvalue weighted by molar-refractivity contribution is 0.00989. The van der Waals surface area contributed by atoms with Gasteiger partial charge in [-0.25, -0.2) is 0 Å². The molecule has 0 bridgehead atoms. The van der Waals surface area contributed by atoms with Gasteiger partial charge in [-0.2, -0.15) is 0 Å². The van der Waals surface area contributed by atoms with Gasteiger partial charge in [-0.3, -0.25) is 9.79 Å². The van der Waals surface area contributed by atoms with E-state index in [2.05, 4.69) is 20.5 Å². The minimum absolute atomic E-state index is 0. The van der Waals surface area contributed by atoms with Gasteiger partial charge >= 0.3 is 0 Å². The fourth-order valence-electron chi connectivity index (χ4n) is 3.12. The van der Waals surface area contributed by atoms with Crippen molar-refractivity contribution in [3.8, 4) is 0 Å². The van der Waals surface area contributed by atoms with Crippen LogP contribution in [-0.2, 0) is 16.0 Å². The first-order chi connectivity index (χ1) is 13.2. The van der Waals surface area contributed by atoms with Crippen molar-refractivity contribution in [3.05, 3.63) is 35.4 Å². The maximum Gasteiger partial charge on any atom is 0.251 e. The number of guanidine groups is 1. The van der Waals surface area contributed by atoms with Crippen molar-refractivity contribution >= 4 is 35.8 Å². The molecule has 2 rings (SSSR count). The van der Waals surface area contributed by atoms with Crippen LogP contribution in [0.4, 0.5) is 0 Å². The van der Waals surface area contributed by atoms with E-state index in [0.29, 0.717) is 18.2 Å². The molecule has 1 aromatic rings. The summed E-state index contributed by atoms with van der Waals surface area (Å²) in [6.07, 6.45) is 3.29. The molecule has 1 aliphatic heterocycles. The Balaban J connectivity index is 0.00000392. The molecule has 1 aromatic carbocycles. The molecular formula is C20H33IN4O3. The van der Waals surface area contributed by atoms with Crippen molar-refractivity contribution in [3.63, 3.8) is 0 Å². The standard InChI is InChI=1S/C20H32N4O3.HI/c1-21-19(25)17-7-5-16(6-8-17)15-23-20(22-2)24-11-9-18(10-12-24)27-14-4-13-26-3;/h5-8,18H,4,9-15H2,1-3H3,(H,21,25)(H,22,23);1H. The van der Waals surface area contributed by atoms with E-state index in [1.807, 2.05) is 31.3 Å². The molecule has 0 saturated carbocycles. The van der Waals surface area contributed by atoms with Crippen LogP contribution < -0.4 is 10.6 Å². The van der Waals surface area contributed by atoms with E-state index in [1.165, 1.54) is 0 Å². The zero-order valence-corrected chi connectivity index (χ0v) is 19.4. The first kappa shape index (κ1) is 24.6. The van der Waals surface area contributed by atoms with E-state index in [-0.39, 0.29) is 29.9 Å². The Hall–Kier alpha value is -1.39. The zero-order chi connectivity index (χ0) is 19.5. The van der Waals surface area contributed by atoms with Crippen molar-refractivity contribution < 1.29 is 14.3 Å². The minimum Gasteiger partial charge on any atom is -0.385 e. The predicted octanol–water partition coefficient (Wildman–Crippen LogP) is 2.26. The van der Waals surface area contributed by atoms with Crippen LogP contribution in [0.5, 0.6) is 0 Å². The summed E-state index contributed by atoms with van der Waals surface area (Å²) in [5, 5.41) is 6.04. The number of nitrogens with zero attached hydrogens (tertiary/aromatic N) is 2. The van der Waals surface area contributed by atoms with Crippen molar-refractivity contribution in [2.24, 2.45) is 4.99 Å². The van der Waals surface area contributed by atoms with Crippen molar-refractivity contribution in [2.75, 3.05) is 47.5 Å². The highest BCUT2D eigenvalue weighted by Crippen LogP contribution is 2.14. The summed E-state index contributed by atoms with van der Waals surface area (Å²) in [7, 11) is 5.16. The Morgan fingerprint density at radius 3 is 2.46 bits per heavy atom. The van der Waals surface area contributed by atoms with Gasteiger partial charge in [0.1, 0.15) is 0 Å². The molecule has 158 valence electrons. The van der Waals surface area contributed by atoms with E-state index in [0.717, 1.165) is 57.1 Å². The smallest absolute Gasteiger partial charge is 0.251 e. The fourth-order valence-corrected chi connectivity index (χ4v) is 3.12. The third kappa shape index (κ3) is 7.92. The number of methoxy groups -OCH3 is 1. The molecule has 0 atom stereocenters. The second-order valence-corrected chi connectivity index (χ2v) is 6.58. The molecule has 7 nitrogen and oxygen atoms in total. The number of amides is 1. The maximum atomic E-state index is 11.6. The largest absolute Gasteiger partial charge is 0.385 e. The number of nitrogens with one attached hydrogen (secondary N) is 2. The molecule has 0 aliphatic carbocycles. The molecule has 1 heterocycles. The molecule has 0 radical (unpaired) electrons. The number of hydrogen-bond donors (Lipinski definition) is 2. The maximum absolute atomic E-state index is 11.6. The van der Waals surface area contributed by atoms with E-state index in [1.54, 1.807) is 14.2 Å². The van der Waals surface area contributed by atoms with Crippen LogP contribution in [0.1, 0.15) is 35.2 Å². The number of carbonyl (C=O) groups is 1. The van der Waals surface area contributed by atoms with Crippen LogP contribution in [-0.4, -0.2) is 70.4 Å². The van der Waals surface area contributed by atoms with Gasteiger partial charge in [-0.1, -0.05) is 12.1 Å². The monoisotopic (exact) mass is 504 g/mol. The second-order valence-electron chi connectivity index (χ2n) is 6.58. The number of aliphatic imine (C=N–C) groups is 1. The highest BCUT2D eigenvalue weighted by Gasteiger charge is 2.21. The fraction of sp³-hybridized carbons (Fsp3) is 0.600. The number of piperidine rings is 1. The Morgan fingerprint density at radius 2 is 1.89 bits per heavy atom. The van der Waals surface area contributed by atoms with Crippen LogP contribution in [0.15, 0.2) is 29.3 Å². The lowest BCUT2D eigenvalue weighted by Crippen LogP contribution is -2.46. The summed E-state index contributed by atoms with van der Waals surface area (Å²) in [4.78, 5) is 18.3. The summed E-state index contributed by atoms with van der Waals surface area (Å²) in [5.41, 5.74) is 1.78. The highest BCUT2D eigenvalue weighted by atomic mass is 127. The van der Waals surface area contributed by atoms with Crippen LogP contribution in [0.3, 0.4) is 0 Å². The molecule has 8 heteroatoms. The lowest BCUT2D eigenvalue weighted by atomic mass is 10.1. The first-order valence-electron chi connectivity index (χ1n) is 9.55. The summed E-state index contributed by atoms with van der Waals surface area (Å²) >= 11 is 0. The Bertz CT molecular complexity index is 602. The third-order valence-corrected chi connectivity index (χ3v) is 4.69. The van der Waals surface area contributed by atoms with Gasteiger partial charge < -0.3 is 25.0 Å². The number of carbonyl (C=O) groups excluding carboxylic acids is 1. The molecule has 28 heavy (non-hydrogen) atoms. The van der Waals surface area contributed by atoms with Crippen molar-refractivity contribution in [1.82, 2.24) is 15.5 Å². The van der Waals surface area contributed by atoms with Gasteiger partial charge in [0.2, 0.25) is 0 Å². The van der Waals surface area contributed by atoms with E-state index < -0.39 is 0 Å². The quantitative estimate of drug-likeness (QED) is 0.246. The minimum atomic E-state index is -0.0716. The molecule has 1 fully saturated rings. The Kier molecular flexibility index (Phi) is 12.1. The van der Waals surface area contributed by atoms with Crippen LogP contribution in [0, 0.1) is 0 Å². The summed E-state index contributed by atoms with van der Waals surface area (Å²) in [6, 6.07) is 7.60. The highest BCUT2D eigenvalue weighted by molar-refractivity contribution is 14.0. The van der Waals surface area contributed by atoms with Crippen LogP contribution >= 0.6 is 24.0 Å². The van der Waals surface area contributed by atoms with Crippen LogP contribution in [0.2, 0.25) is 0 Å². The number of hydrogen-bond acceptors (Lipinski definition) is 4. The molecule has 1 aliphatic rings. The molecule has 0 spiro atoms. The van der Waals surface area contributed by atoms with Gasteiger partial charge in [-0.05, 0) is 37.0 Å². The molecule has 1 amide bonds.